The summed E-state index contributed by atoms with van der Waals surface area (Å²) in [6.45, 7) is 2.04. The lowest BCUT2D eigenvalue weighted by Gasteiger charge is -2.32. The van der Waals surface area contributed by atoms with Crippen LogP contribution in [0.1, 0.15) is 43.3 Å². The smallest absolute Gasteiger partial charge is 0.222 e. The van der Waals surface area contributed by atoms with Crippen molar-refractivity contribution in [3.05, 3.63) is 24.3 Å². The molecule has 0 aromatic carbocycles. The standard InChI is InChI=1S/C15H23N7O2/c1-20-13(9-23)18-19-15(20)12-4-2-6-21(8-12)14(24)5-3-7-22-11-16-10-17-22/h10-12,23H,2-9H2,1H3/t12-/m1/s1. The number of piperidine rings is 1. The van der Waals surface area contributed by atoms with Gasteiger partial charge < -0.3 is 14.6 Å². The van der Waals surface area contributed by atoms with Crippen molar-refractivity contribution < 1.29 is 9.90 Å². The number of aryl methyl sites for hydroxylation is 1. The summed E-state index contributed by atoms with van der Waals surface area (Å²) in [5.41, 5.74) is 0. The molecule has 1 atom stereocenters. The summed E-state index contributed by atoms with van der Waals surface area (Å²) in [7, 11) is 1.86. The van der Waals surface area contributed by atoms with Crippen LogP contribution in [0.3, 0.4) is 0 Å². The van der Waals surface area contributed by atoms with Crippen molar-refractivity contribution in [3.8, 4) is 0 Å². The summed E-state index contributed by atoms with van der Waals surface area (Å²) in [6.07, 6.45) is 6.36. The molecule has 0 aliphatic carbocycles. The van der Waals surface area contributed by atoms with Gasteiger partial charge in [0.25, 0.3) is 0 Å². The minimum atomic E-state index is -0.124. The molecule has 1 saturated heterocycles. The number of hydrogen-bond donors (Lipinski definition) is 1. The molecule has 1 N–H and O–H groups in total. The monoisotopic (exact) mass is 333 g/mol. The lowest BCUT2D eigenvalue weighted by Crippen LogP contribution is -2.39. The molecule has 1 aliphatic heterocycles. The average Bonchev–Trinajstić information content (AvgIpc) is 3.24. The van der Waals surface area contributed by atoms with E-state index >= 15 is 0 Å². The molecule has 0 spiro atoms. The van der Waals surface area contributed by atoms with E-state index in [2.05, 4.69) is 20.3 Å². The second kappa shape index (κ2) is 7.52. The van der Waals surface area contributed by atoms with Crippen molar-refractivity contribution in [1.29, 1.82) is 0 Å². The van der Waals surface area contributed by atoms with Crippen LogP contribution >= 0.6 is 0 Å². The van der Waals surface area contributed by atoms with Crippen LogP contribution in [0.15, 0.2) is 12.7 Å². The van der Waals surface area contributed by atoms with Crippen LogP contribution in [0.25, 0.3) is 0 Å². The Balaban J connectivity index is 1.54. The van der Waals surface area contributed by atoms with Gasteiger partial charge in [-0.25, -0.2) is 4.98 Å². The molecule has 1 aliphatic rings. The number of nitrogens with zero attached hydrogens (tertiary/aromatic N) is 7. The Hall–Kier alpha value is -2.29. The SMILES string of the molecule is Cn1c(CO)nnc1[C@@H]1CCCN(C(=O)CCCn2cncn2)C1. The van der Waals surface area contributed by atoms with Gasteiger partial charge in [0.15, 0.2) is 5.82 Å². The molecular weight excluding hydrogens is 310 g/mol. The normalized spacial score (nSPS) is 18.1. The molecule has 130 valence electrons. The van der Waals surface area contributed by atoms with Gasteiger partial charge in [-0.2, -0.15) is 5.10 Å². The maximum absolute atomic E-state index is 12.4. The molecular formula is C15H23N7O2. The maximum Gasteiger partial charge on any atom is 0.222 e. The molecule has 0 bridgehead atoms. The second-order valence-corrected chi connectivity index (χ2v) is 6.13. The molecule has 0 radical (unpaired) electrons. The zero-order valence-electron chi connectivity index (χ0n) is 13.9. The quantitative estimate of drug-likeness (QED) is 0.803. The third-order valence-corrected chi connectivity index (χ3v) is 4.52. The Kier molecular flexibility index (Phi) is 5.19. The van der Waals surface area contributed by atoms with Crippen LogP contribution in [0.2, 0.25) is 0 Å². The van der Waals surface area contributed by atoms with Crippen LogP contribution < -0.4 is 0 Å². The highest BCUT2D eigenvalue weighted by Gasteiger charge is 2.28. The van der Waals surface area contributed by atoms with E-state index in [1.54, 1.807) is 11.0 Å². The van der Waals surface area contributed by atoms with Crippen molar-refractivity contribution in [3.63, 3.8) is 0 Å². The fourth-order valence-electron chi connectivity index (χ4n) is 3.18. The van der Waals surface area contributed by atoms with Gasteiger partial charge in [-0.15, -0.1) is 10.2 Å². The Bertz CT molecular complexity index is 667. The van der Waals surface area contributed by atoms with Gasteiger partial charge in [-0.1, -0.05) is 0 Å². The van der Waals surface area contributed by atoms with Gasteiger partial charge in [0.05, 0.1) is 0 Å². The zero-order valence-corrected chi connectivity index (χ0v) is 13.9. The van der Waals surface area contributed by atoms with E-state index in [0.29, 0.717) is 25.3 Å². The van der Waals surface area contributed by atoms with Gasteiger partial charge >= 0.3 is 0 Å². The third-order valence-electron chi connectivity index (χ3n) is 4.52. The van der Waals surface area contributed by atoms with E-state index in [1.165, 1.54) is 6.33 Å². The average molecular weight is 333 g/mol. The highest BCUT2D eigenvalue weighted by atomic mass is 16.3. The number of aliphatic hydroxyl groups excluding tert-OH is 1. The van der Waals surface area contributed by atoms with Crippen LogP contribution in [0.4, 0.5) is 0 Å². The van der Waals surface area contributed by atoms with Crippen LogP contribution in [0, 0.1) is 0 Å². The van der Waals surface area contributed by atoms with Gasteiger partial charge in [0, 0.05) is 39.0 Å². The predicted molar refractivity (Wildman–Crippen MR) is 84.7 cm³/mol. The first kappa shape index (κ1) is 16.6. The second-order valence-electron chi connectivity index (χ2n) is 6.13. The van der Waals surface area contributed by atoms with E-state index in [9.17, 15) is 9.90 Å². The Morgan fingerprint density at radius 3 is 3.00 bits per heavy atom. The Labute approximate surface area is 140 Å². The molecule has 1 fully saturated rings. The minimum Gasteiger partial charge on any atom is -0.388 e. The van der Waals surface area contributed by atoms with E-state index in [-0.39, 0.29) is 18.4 Å². The fourth-order valence-corrected chi connectivity index (χ4v) is 3.18. The molecule has 2 aromatic heterocycles. The van der Waals surface area contributed by atoms with E-state index < -0.39 is 0 Å². The van der Waals surface area contributed by atoms with Gasteiger partial charge in [-0.05, 0) is 19.3 Å². The summed E-state index contributed by atoms with van der Waals surface area (Å²) in [4.78, 5) is 18.3. The van der Waals surface area contributed by atoms with Crippen LogP contribution in [0.5, 0.6) is 0 Å². The first-order chi connectivity index (χ1) is 11.7. The van der Waals surface area contributed by atoms with Gasteiger partial charge in [0.1, 0.15) is 25.1 Å². The lowest BCUT2D eigenvalue weighted by atomic mass is 9.96. The molecule has 2 aromatic rings. The summed E-state index contributed by atoms with van der Waals surface area (Å²) in [6, 6.07) is 0. The molecule has 1 amide bonds. The molecule has 3 rings (SSSR count). The largest absolute Gasteiger partial charge is 0.388 e. The molecule has 9 nitrogen and oxygen atoms in total. The topological polar surface area (TPSA) is 102 Å². The predicted octanol–water partition coefficient (Wildman–Crippen LogP) is 0.0853. The number of rotatable bonds is 6. The number of aromatic nitrogens is 6. The van der Waals surface area contributed by atoms with E-state index in [1.807, 2.05) is 16.5 Å². The first-order valence-electron chi connectivity index (χ1n) is 8.28. The maximum atomic E-state index is 12.4. The fraction of sp³-hybridized carbons (Fsp3) is 0.667. The van der Waals surface area contributed by atoms with Crippen molar-refractivity contribution in [2.24, 2.45) is 7.05 Å². The van der Waals surface area contributed by atoms with Crippen molar-refractivity contribution in [2.45, 2.75) is 44.8 Å². The highest BCUT2D eigenvalue weighted by Crippen LogP contribution is 2.26. The van der Waals surface area contributed by atoms with E-state index in [4.69, 9.17) is 0 Å². The number of likely N-dealkylation sites (tertiary alicyclic amines) is 1. The van der Waals surface area contributed by atoms with Gasteiger partial charge in [-0.3, -0.25) is 9.48 Å². The zero-order chi connectivity index (χ0) is 16.9. The summed E-state index contributed by atoms with van der Waals surface area (Å²) >= 11 is 0. The summed E-state index contributed by atoms with van der Waals surface area (Å²) in [5.74, 6) is 1.75. The number of amides is 1. The Morgan fingerprint density at radius 2 is 2.29 bits per heavy atom. The minimum absolute atomic E-state index is 0.124. The Morgan fingerprint density at radius 1 is 1.42 bits per heavy atom. The highest BCUT2D eigenvalue weighted by molar-refractivity contribution is 5.76. The van der Waals surface area contributed by atoms with Gasteiger partial charge in [0.2, 0.25) is 5.91 Å². The van der Waals surface area contributed by atoms with Crippen LogP contribution in [-0.2, 0) is 25.0 Å². The third kappa shape index (κ3) is 3.61. The van der Waals surface area contributed by atoms with Crippen molar-refractivity contribution >= 4 is 5.91 Å². The lowest BCUT2D eigenvalue weighted by molar-refractivity contribution is -0.132. The van der Waals surface area contributed by atoms with Crippen molar-refractivity contribution in [2.75, 3.05) is 13.1 Å². The summed E-state index contributed by atoms with van der Waals surface area (Å²) < 4.78 is 3.58. The molecule has 3 heterocycles. The van der Waals surface area contributed by atoms with Crippen molar-refractivity contribution in [1.82, 2.24) is 34.4 Å². The molecule has 0 unspecified atom stereocenters. The number of carbonyl (C=O) groups excluding carboxylic acids is 1. The molecule has 24 heavy (non-hydrogen) atoms. The first-order valence-corrected chi connectivity index (χ1v) is 8.28. The summed E-state index contributed by atoms with van der Waals surface area (Å²) in [5, 5.41) is 21.5. The number of hydrogen-bond acceptors (Lipinski definition) is 6. The van der Waals surface area contributed by atoms with E-state index in [0.717, 1.165) is 31.6 Å². The molecule has 9 heteroatoms. The van der Waals surface area contributed by atoms with Crippen LogP contribution in [-0.4, -0.2) is 58.5 Å². The number of aliphatic hydroxyl groups is 1. The number of carbonyl (C=O) groups is 1. The molecule has 0 saturated carbocycles.